The van der Waals surface area contributed by atoms with Crippen molar-refractivity contribution in [3.05, 3.63) is 18.0 Å². The van der Waals surface area contributed by atoms with Gasteiger partial charge in [-0.15, -0.1) is 0 Å². The molecule has 0 radical (unpaired) electrons. The molecule has 6 nitrogen and oxygen atoms in total. The second-order valence-electron chi connectivity index (χ2n) is 5.53. The second kappa shape index (κ2) is 6.91. The Morgan fingerprint density at radius 1 is 1.52 bits per heavy atom. The molecular formula is C14H25N3O3S. The molecule has 1 fully saturated rings. The van der Waals surface area contributed by atoms with E-state index in [2.05, 4.69) is 10.3 Å². The zero-order valence-electron chi connectivity index (χ0n) is 12.9. The molecule has 120 valence electrons. The van der Waals surface area contributed by atoms with Gasteiger partial charge in [0.05, 0.1) is 11.5 Å². The maximum Gasteiger partial charge on any atom is 0.244 e. The number of rotatable bonds is 9. The van der Waals surface area contributed by atoms with Crippen LogP contribution in [0.4, 0.5) is 0 Å². The van der Waals surface area contributed by atoms with Crippen molar-refractivity contribution in [3.8, 4) is 0 Å². The van der Waals surface area contributed by atoms with E-state index in [-0.39, 0.29) is 6.04 Å². The van der Waals surface area contributed by atoms with E-state index in [1.165, 1.54) is 17.1 Å². The van der Waals surface area contributed by atoms with E-state index in [9.17, 15) is 8.42 Å². The molecule has 1 aromatic rings. The summed E-state index contributed by atoms with van der Waals surface area (Å²) in [6, 6.07) is 2.13. The summed E-state index contributed by atoms with van der Waals surface area (Å²) >= 11 is 0. The van der Waals surface area contributed by atoms with E-state index in [4.69, 9.17) is 4.74 Å². The molecule has 0 spiro atoms. The van der Waals surface area contributed by atoms with Crippen molar-refractivity contribution in [2.75, 3.05) is 20.3 Å². The van der Waals surface area contributed by atoms with Crippen molar-refractivity contribution < 1.29 is 13.2 Å². The molecule has 1 aromatic heterocycles. The van der Waals surface area contributed by atoms with Crippen LogP contribution in [0.3, 0.4) is 0 Å². The number of hydrogen-bond donors (Lipinski definition) is 2. The van der Waals surface area contributed by atoms with Crippen molar-refractivity contribution in [2.24, 2.45) is 0 Å². The molecule has 7 heteroatoms. The number of H-pyrrole nitrogens is 1. The van der Waals surface area contributed by atoms with Gasteiger partial charge in [0.2, 0.25) is 10.0 Å². The number of hydrogen-bond acceptors (Lipinski definition) is 4. The quantitative estimate of drug-likeness (QED) is 0.720. The zero-order valence-corrected chi connectivity index (χ0v) is 13.7. The van der Waals surface area contributed by atoms with E-state index in [0.29, 0.717) is 30.6 Å². The highest BCUT2D eigenvalue weighted by Gasteiger charge is 2.28. The number of aromatic amines is 1. The first-order chi connectivity index (χ1) is 9.98. The minimum absolute atomic E-state index is 0.187. The third-order valence-corrected chi connectivity index (χ3v) is 5.76. The molecule has 1 saturated carbocycles. The summed E-state index contributed by atoms with van der Waals surface area (Å²) < 4.78 is 31.9. The van der Waals surface area contributed by atoms with Crippen molar-refractivity contribution in [1.29, 1.82) is 0 Å². The Balaban J connectivity index is 2.09. The van der Waals surface area contributed by atoms with Gasteiger partial charge >= 0.3 is 0 Å². The first kappa shape index (κ1) is 16.5. The third kappa shape index (κ3) is 4.06. The SMILES string of the molecule is CCN(C(C)COC)S(=O)(=O)c1c[nH]c(CNC2CC2)c1. The molecule has 2 N–H and O–H groups in total. The van der Waals surface area contributed by atoms with Crippen LogP contribution in [-0.2, 0) is 21.3 Å². The Morgan fingerprint density at radius 3 is 2.81 bits per heavy atom. The monoisotopic (exact) mass is 315 g/mol. The normalized spacial score (nSPS) is 17.3. The molecule has 0 bridgehead atoms. The highest BCUT2D eigenvalue weighted by atomic mass is 32.2. The lowest BCUT2D eigenvalue weighted by atomic mass is 10.4. The van der Waals surface area contributed by atoms with E-state index in [1.54, 1.807) is 19.4 Å². The maximum atomic E-state index is 12.7. The van der Waals surface area contributed by atoms with Crippen molar-refractivity contribution in [1.82, 2.24) is 14.6 Å². The van der Waals surface area contributed by atoms with Gasteiger partial charge in [-0.05, 0) is 25.8 Å². The number of methoxy groups -OCH3 is 1. The first-order valence-electron chi connectivity index (χ1n) is 7.40. The highest BCUT2D eigenvalue weighted by Crippen LogP contribution is 2.21. The fraction of sp³-hybridized carbons (Fsp3) is 0.714. The predicted octanol–water partition coefficient (Wildman–Crippen LogP) is 1.31. The Kier molecular flexibility index (Phi) is 5.43. The van der Waals surface area contributed by atoms with Gasteiger partial charge in [-0.3, -0.25) is 0 Å². The summed E-state index contributed by atoms with van der Waals surface area (Å²) in [5.74, 6) is 0. The minimum Gasteiger partial charge on any atom is -0.383 e. The predicted molar refractivity (Wildman–Crippen MR) is 81.6 cm³/mol. The smallest absolute Gasteiger partial charge is 0.244 e. The zero-order chi connectivity index (χ0) is 15.5. The highest BCUT2D eigenvalue weighted by molar-refractivity contribution is 7.89. The summed E-state index contributed by atoms with van der Waals surface area (Å²) in [5, 5.41) is 3.36. The standard InChI is InChI=1S/C14H25N3O3S/c1-4-17(11(2)10-20-3)21(18,19)14-7-13(16-9-14)8-15-12-5-6-12/h7,9,11-12,15-16H,4-6,8,10H2,1-3H3. The van der Waals surface area contributed by atoms with Gasteiger partial charge in [0.15, 0.2) is 0 Å². The lowest BCUT2D eigenvalue weighted by Crippen LogP contribution is -2.40. The first-order valence-corrected chi connectivity index (χ1v) is 8.84. The Bertz CT molecular complexity index is 552. The summed E-state index contributed by atoms with van der Waals surface area (Å²) in [6.45, 7) is 5.18. The largest absolute Gasteiger partial charge is 0.383 e. The van der Waals surface area contributed by atoms with Gasteiger partial charge in [0.1, 0.15) is 0 Å². The van der Waals surface area contributed by atoms with Gasteiger partial charge in [-0.1, -0.05) is 6.92 Å². The number of nitrogens with zero attached hydrogens (tertiary/aromatic N) is 1. The third-order valence-electron chi connectivity index (χ3n) is 3.69. The van der Waals surface area contributed by atoms with Crippen LogP contribution >= 0.6 is 0 Å². The summed E-state index contributed by atoms with van der Waals surface area (Å²) in [6.07, 6.45) is 4.00. The van der Waals surface area contributed by atoms with Gasteiger partial charge in [0, 0.05) is 44.2 Å². The average molecular weight is 315 g/mol. The Hall–Kier alpha value is -0.890. The van der Waals surface area contributed by atoms with Crippen LogP contribution < -0.4 is 5.32 Å². The van der Waals surface area contributed by atoms with Crippen molar-refractivity contribution in [3.63, 3.8) is 0 Å². The molecule has 0 aromatic carbocycles. The molecule has 1 aliphatic rings. The molecule has 21 heavy (non-hydrogen) atoms. The van der Waals surface area contributed by atoms with Crippen molar-refractivity contribution in [2.45, 2.75) is 50.2 Å². The van der Waals surface area contributed by atoms with Crippen LogP contribution in [0.2, 0.25) is 0 Å². The molecular weight excluding hydrogens is 290 g/mol. The molecule has 1 unspecified atom stereocenters. The molecule has 0 saturated heterocycles. The fourth-order valence-electron chi connectivity index (χ4n) is 2.39. The lowest BCUT2D eigenvalue weighted by Gasteiger charge is -2.26. The number of nitrogens with one attached hydrogen (secondary N) is 2. The van der Waals surface area contributed by atoms with E-state index in [1.807, 2.05) is 13.8 Å². The lowest BCUT2D eigenvalue weighted by molar-refractivity contribution is 0.142. The molecule has 0 aliphatic heterocycles. The van der Waals surface area contributed by atoms with Crippen LogP contribution in [0.5, 0.6) is 0 Å². The number of likely N-dealkylation sites (N-methyl/N-ethyl adjacent to an activating group) is 1. The van der Waals surface area contributed by atoms with Gasteiger partial charge in [-0.25, -0.2) is 8.42 Å². The fourth-order valence-corrected chi connectivity index (χ4v) is 4.03. The summed E-state index contributed by atoms with van der Waals surface area (Å²) in [4.78, 5) is 3.36. The second-order valence-corrected chi connectivity index (χ2v) is 7.42. The van der Waals surface area contributed by atoms with E-state index >= 15 is 0 Å². The number of sulfonamides is 1. The Labute approximate surface area is 126 Å². The number of ether oxygens (including phenoxy) is 1. The van der Waals surface area contributed by atoms with Crippen LogP contribution in [0.25, 0.3) is 0 Å². The maximum absolute atomic E-state index is 12.7. The molecule has 0 amide bonds. The molecule has 1 heterocycles. The minimum atomic E-state index is -3.48. The van der Waals surface area contributed by atoms with E-state index in [0.717, 1.165) is 5.69 Å². The van der Waals surface area contributed by atoms with Crippen molar-refractivity contribution >= 4 is 10.0 Å². The molecule has 2 rings (SSSR count). The Morgan fingerprint density at radius 2 is 2.24 bits per heavy atom. The summed E-state index contributed by atoms with van der Waals surface area (Å²) in [7, 11) is -1.90. The molecule has 1 atom stereocenters. The van der Waals surface area contributed by atoms with Gasteiger partial charge in [-0.2, -0.15) is 4.31 Å². The van der Waals surface area contributed by atoms with Gasteiger partial charge < -0.3 is 15.0 Å². The summed E-state index contributed by atoms with van der Waals surface area (Å²) in [5.41, 5.74) is 0.899. The average Bonchev–Trinajstić information content (AvgIpc) is 3.13. The van der Waals surface area contributed by atoms with E-state index < -0.39 is 10.0 Å². The van der Waals surface area contributed by atoms with Crippen LogP contribution in [0.15, 0.2) is 17.2 Å². The topological polar surface area (TPSA) is 74.4 Å². The molecule has 1 aliphatic carbocycles. The number of aromatic nitrogens is 1. The van der Waals surface area contributed by atoms with Crippen LogP contribution in [0, 0.1) is 0 Å². The van der Waals surface area contributed by atoms with Crippen LogP contribution in [0.1, 0.15) is 32.4 Å². The van der Waals surface area contributed by atoms with Gasteiger partial charge in [0.25, 0.3) is 0 Å². The van der Waals surface area contributed by atoms with Crippen LogP contribution in [-0.4, -0.2) is 50.1 Å².